The number of carbonyl (C=O) groups excluding carboxylic acids is 2. The minimum absolute atomic E-state index is 0.0504. The van der Waals surface area contributed by atoms with Gasteiger partial charge in [-0.2, -0.15) is 0 Å². The van der Waals surface area contributed by atoms with Gasteiger partial charge < -0.3 is 19.5 Å². The summed E-state index contributed by atoms with van der Waals surface area (Å²) in [6, 6.07) is 11.2. The lowest BCUT2D eigenvalue weighted by Gasteiger charge is -2.35. The highest BCUT2D eigenvalue weighted by molar-refractivity contribution is 6.46. The molecule has 2 aromatic rings. The molecule has 1 aliphatic heterocycles. The summed E-state index contributed by atoms with van der Waals surface area (Å²) in [5, 5.41) is 11.7. The molecule has 1 amide bonds. The van der Waals surface area contributed by atoms with Gasteiger partial charge in [0, 0.05) is 17.2 Å². The first kappa shape index (κ1) is 22.2. The van der Waals surface area contributed by atoms with E-state index in [4.69, 9.17) is 21.1 Å². The Morgan fingerprint density at radius 1 is 1.00 bits per heavy atom. The Morgan fingerprint density at radius 3 is 2.38 bits per heavy atom. The van der Waals surface area contributed by atoms with E-state index < -0.39 is 17.7 Å². The summed E-state index contributed by atoms with van der Waals surface area (Å²) in [6.45, 7) is 0. The number of rotatable bonds is 5. The average molecular weight is 456 g/mol. The Balaban J connectivity index is 1.92. The van der Waals surface area contributed by atoms with Crippen LogP contribution in [0.2, 0.25) is 5.02 Å². The zero-order valence-electron chi connectivity index (χ0n) is 18.1. The Hall–Kier alpha value is -2.99. The number of nitrogens with zero attached hydrogens (tertiary/aromatic N) is 1. The quantitative estimate of drug-likeness (QED) is 0.385. The summed E-state index contributed by atoms with van der Waals surface area (Å²) in [6.07, 6.45) is 4.77. The smallest absolute Gasteiger partial charge is 0.295 e. The molecule has 32 heavy (non-hydrogen) atoms. The van der Waals surface area contributed by atoms with Crippen LogP contribution < -0.4 is 9.47 Å². The molecule has 1 aliphatic carbocycles. The van der Waals surface area contributed by atoms with Crippen molar-refractivity contribution in [3.05, 3.63) is 64.2 Å². The molecular weight excluding hydrogens is 430 g/mol. The molecule has 2 aromatic carbocycles. The first-order valence-electron chi connectivity index (χ1n) is 10.7. The number of likely N-dealkylation sites (tertiary alicyclic amines) is 1. The van der Waals surface area contributed by atoms with Gasteiger partial charge in [-0.15, -0.1) is 0 Å². The number of aliphatic hydroxyl groups is 1. The fraction of sp³-hybridized carbons (Fsp3) is 0.360. The summed E-state index contributed by atoms with van der Waals surface area (Å²) in [5.41, 5.74) is 1.07. The average Bonchev–Trinajstić information content (AvgIpc) is 3.09. The first-order chi connectivity index (χ1) is 15.5. The van der Waals surface area contributed by atoms with E-state index in [1.54, 1.807) is 36.3 Å². The highest BCUT2D eigenvalue weighted by Gasteiger charge is 2.49. The molecule has 168 valence electrons. The number of para-hydroxylation sites is 1. The van der Waals surface area contributed by atoms with E-state index >= 15 is 0 Å². The van der Waals surface area contributed by atoms with Crippen molar-refractivity contribution in [1.82, 2.24) is 4.90 Å². The molecular formula is C25H26ClNO5. The molecule has 0 radical (unpaired) electrons. The summed E-state index contributed by atoms with van der Waals surface area (Å²) in [4.78, 5) is 28.2. The molecule has 1 N–H and O–H groups in total. The number of carbonyl (C=O) groups is 2. The molecule has 6 nitrogen and oxygen atoms in total. The molecule has 0 aromatic heterocycles. The molecule has 1 atom stereocenters. The van der Waals surface area contributed by atoms with Crippen LogP contribution in [0.1, 0.15) is 49.3 Å². The zero-order valence-corrected chi connectivity index (χ0v) is 18.9. The van der Waals surface area contributed by atoms with Crippen molar-refractivity contribution < 1.29 is 24.2 Å². The van der Waals surface area contributed by atoms with Gasteiger partial charge in [-0.25, -0.2) is 0 Å². The predicted molar refractivity (Wildman–Crippen MR) is 122 cm³/mol. The van der Waals surface area contributed by atoms with Crippen molar-refractivity contribution in [3.63, 3.8) is 0 Å². The van der Waals surface area contributed by atoms with Crippen molar-refractivity contribution in [2.24, 2.45) is 0 Å². The third-order valence-electron chi connectivity index (χ3n) is 6.31. The number of ether oxygens (including phenoxy) is 2. The molecule has 7 heteroatoms. The Labute approximate surface area is 192 Å². The number of Topliss-reactive ketones (excluding diaryl/α,β-unsaturated/α-hetero) is 1. The van der Waals surface area contributed by atoms with Crippen LogP contribution in [-0.4, -0.2) is 42.0 Å². The fourth-order valence-electron chi connectivity index (χ4n) is 4.75. The number of amides is 1. The van der Waals surface area contributed by atoms with Crippen molar-refractivity contribution in [1.29, 1.82) is 0 Å². The lowest BCUT2D eigenvalue weighted by molar-refractivity contribution is -0.141. The second-order valence-electron chi connectivity index (χ2n) is 8.09. The second-order valence-corrected chi connectivity index (χ2v) is 8.50. The molecule has 1 heterocycles. The maximum atomic E-state index is 13.3. The number of aliphatic hydroxyl groups excluding tert-OH is 1. The number of methoxy groups -OCH3 is 2. The van der Waals surface area contributed by atoms with Crippen LogP contribution in [-0.2, 0) is 9.59 Å². The second kappa shape index (κ2) is 9.25. The Kier molecular flexibility index (Phi) is 6.42. The van der Waals surface area contributed by atoms with Crippen LogP contribution in [0.5, 0.6) is 11.5 Å². The zero-order chi connectivity index (χ0) is 22.8. The molecule has 0 spiro atoms. The molecule has 2 aliphatic rings. The van der Waals surface area contributed by atoms with Gasteiger partial charge in [-0.05, 0) is 37.1 Å². The number of benzene rings is 2. The summed E-state index contributed by atoms with van der Waals surface area (Å²) >= 11 is 6.13. The molecule has 1 saturated heterocycles. The van der Waals surface area contributed by atoms with Gasteiger partial charge in [0.25, 0.3) is 11.7 Å². The van der Waals surface area contributed by atoms with Gasteiger partial charge in [0.15, 0.2) is 0 Å². The minimum atomic E-state index is -0.740. The SMILES string of the molecule is COc1cc(/C(O)=C2\C(=O)C(=O)N(C3CCCCC3)C2c2ccccc2OC)ccc1Cl. The van der Waals surface area contributed by atoms with Crippen molar-refractivity contribution in [2.75, 3.05) is 14.2 Å². The normalized spacial score (nSPS) is 21.1. The van der Waals surface area contributed by atoms with Crippen LogP contribution in [0.3, 0.4) is 0 Å². The summed E-state index contributed by atoms with van der Waals surface area (Å²) in [5.74, 6) is -0.619. The molecule has 1 saturated carbocycles. The Bertz CT molecular complexity index is 1070. The van der Waals surface area contributed by atoms with Gasteiger partial charge in [0.05, 0.1) is 30.9 Å². The van der Waals surface area contributed by atoms with Gasteiger partial charge in [0.1, 0.15) is 17.3 Å². The van der Waals surface area contributed by atoms with E-state index in [0.29, 0.717) is 27.6 Å². The molecule has 2 fully saturated rings. The van der Waals surface area contributed by atoms with Crippen molar-refractivity contribution in [3.8, 4) is 11.5 Å². The maximum Gasteiger partial charge on any atom is 0.295 e. The van der Waals surface area contributed by atoms with E-state index in [1.807, 2.05) is 18.2 Å². The minimum Gasteiger partial charge on any atom is -0.507 e. The summed E-state index contributed by atoms with van der Waals surface area (Å²) in [7, 11) is 3.03. The van der Waals surface area contributed by atoms with E-state index in [2.05, 4.69) is 0 Å². The van der Waals surface area contributed by atoms with Crippen molar-refractivity contribution >= 4 is 29.1 Å². The monoisotopic (exact) mass is 455 g/mol. The van der Waals surface area contributed by atoms with Crippen molar-refractivity contribution in [2.45, 2.75) is 44.2 Å². The van der Waals surface area contributed by atoms with E-state index in [-0.39, 0.29) is 17.4 Å². The number of ketones is 1. The van der Waals surface area contributed by atoms with Crippen LogP contribution in [0.25, 0.3) is 5.76 Å². The van der Waals surface area contributed by atoms with Crippen LogP contribution >= 0.6 is 11.6 Å². The number of halogens is 1. The standard InChI is InChI=1S/C25H26ClNO5/c1-31-19-11-7-6-10-17(19)22-21(23(28)15-12-13-18(26)20(14-15)32-2)24(29)25(30)27(22)16-8-4-3-5-9-16/h6-7,10-14,16,22,28H,3-5,8-9H2,1-2H3/b23-21+. The summed E-state index contributed by atoms with van der Waals surface area (Å²) < 4.78 is 10.8. The van der Waals surface area contributed by atoms with E-state index in [1.165, 1.54) is 7.11 Å². The lowest BCUT2D eigenvalue weighted by atomic mass is 9.90. The number of hydrogen-bond donors (Lipinski definition) is 1. The van der Waals surface area contributed by atoms with E-state index in [0.717, 1.165) is 32.1 Å². The maximum absolute atomic E-state index is 13.3. The molecule has 4 rings (SSSR count). The predicted octanol–water partition coefficient (Wildman–Crippen LogP) is 5.11. The van der Waals surface area contributed by atoms with Crippen LogP contribution in [0.4, 0.5) is 0 Å². The topological polar surface area (TPSA) is 76.1 Å². The number of hydrogen-bond acceptors (Lipinski definition) is 5. The highest BCUT2D eigenvalue weighted by atomic mass is 35.5. The largest absolute Gasteiger partial charge is 0.507 e. The highest BCUT2D eigenvalue weighted by Crippen LogP contribution is 2.45. The third kappa shape index (κ3) is 3.84. The van der Waals surface area contributed by atoms with Gasteiger partial charge in [-0.1, -0.05) is 49.1 Å². The van der Waals surface area contributed by atoms with Crippen LogP contribution in [0, 0.1) is 0 Å². The van der Waals surface area contributed by atoms with Crippen LogP contribution in [0.15, 0.2) is 48.0 Å². The fourth-order valence-corrected chi connectivity index (χ4v) is 4.94. The van der Waals surface area contributed by atoms with Gasteiger partial charge >= 0.3 is 0 Å². The Morgan fingerprint density at radius 2 is 1.69 bits per heavy atom. The lowest BCUT2D eigenvalue weighted by Crippen LogP contribution is -2.40. The molecule has 1 unspecified atom stereocenters. The third-order valence-corrected chi connectivity index (χ3v) is 6.62. The van der Waals surface area contributed by atoms with E-state index in [9.17, 15) is 14.7 Å². The first-order valence-corrected chi connectivity index (χ1v) is 11.1. The molecule has 0 bridgehead atoms. The van der Waals surface area contributed by atoms with Gasteiger partial charge in [-0.3, -0.25) is 9.59 Å². The van der Waals surface area contributed by atoms with Gasteiger partial charge in [0.2, 0.25) is 0 Å².